The summed E-state index contributed by atoms with van der Waals surface area (Å²) in [4.78, 5) is 10.9. The molecular formula is C7H10O2. The minimum atomic E-state index is -0.594. The van der Waals surface area contributed by atoms with Gasteiger partial charge in [0.2, 0.25) is 0 Å². The van der Waals surface area contributed by atoms with Crippen molar-refractivity contribution >= 4 is 5.78 Å². The lowest BCUT2D eigenvalue weighted by atomic mass is 9.97. The molecule has 3 atom stereocenters. The molecule has 0 aromatic heterocycles. The highest BCUT2D eigenvalue weighted by molar-refractivity contribution is 5.88. The summed E-state index contributed by atoms with van der Waals surface area (Å²) in [5, 5.41) is 9.14. The molecule has 1 N–H and O–H groups in total. The molecule has 0 aromatic carbocycles. The summed E-state index contributed by atoms with van der Waals surface area (Å²) in [5.41, 5.74) is 0. The number of aliphatic hydroxyl groups excluding tert-OH is 1. The van der Waals surface area contributed by atoms with Gasteiger partial charge in [0.1, 0.15) is 6.10 Å². The number of aliphatic hydroxyl groups is 1. The first-order valence-electron chi connectivity index (χ1n) is 3.51. The van der Waals surface area contributed by atoms with Crippen LogP contribution in [-0.2, 0) is 4.79 Å². The third-order valence-electron chi connectivity index (χ3n) is 2.61. The van der Waals surface area contributed by atoms with Gasteiger partial charge in [0.25, 0.3) is 0 Å². The maximum Gasteiger partial charge on any atom is 0.164 e. The Balaban J connectivity index is 2.25. The Bertz CT molecular complexity index is 149. The molecule has 50 valence electrons. The van der Waals surface area contributed by atoms with E-state index in [-0.39, 0.29) is 11.7 Å². The van der Waals surface area contributed by atoms with Crippen molar-refractivity contribution < 1.29 is 9.90 Å². The van der Waals surface area contributed by atoms with Gasteiger partial charge in [-0.3, -0.25) is 4.79 Å². The molecule has 0 aliphatic heterocycles. The molecule has 2 nitrogen and oxygen atoms in total. The number of fused-ring (bicyclic) bond motifs is 2. The van der Waals surface area contributed by atoms with E-state index >= 15 is 0 Å². The number of hydrogen-bond acceptors (Lipinski definition) is 2. The van der Waals surface area contributed by atoms with Crippen molar-refractivity contribution in [1.29, 1.82) is 0 Å². The summed E-state index contributed by atoms with van der Waals surface area (Å²) < 4.78 is 0. The van der Waals surface area contributed by atoms with Crippen LogP contribution in [0, 0.1) is 11.8 Å². The van der Waals surface area contributed by atoms with Gasteiger partial charge in [-0.25, -0.2) is 0 Å². The van der Waals surface area contributed by atoms with Gasteiger partial charge in [-0.05, 0) is 25.2 Å². The van der Waals surface area contributed by atoms with E-state index < -0.39 is 6.10 Å². The number of Topliss-reactive ketones (excluding diaryl/α,β-unsaturated/α-hetero) is 1. The van der Waals surface area contributed by atoms with Gasteiger partial charge in [-0.15, -0.1) is 0 Å². The number of carbonyl (C=O) groups excluding carboxylic acids is 1. The predicted molar refractivity (Wildman–Crippen MR) is 31.8 cm³/mol. The van der Waals surface area contributed by atoms with Crippen molar-refractivity contribution in [3.63, 3.8) is 0 Å². The standard InChI is InChI=1S/C7H10O2/c8-6-4-1-2-5(3-4)7(6)9/h4-6,8H,1-3H2/t4-,5+,6+/m0/s1. The number of hydrogen-bond donors (Lipinski definition) is 1. The molecule has 0 unspecified atom stereocenters. The monoisotopic (exact) mass is 126 g/mol. The molecule has 0 amide bonds. The Morgan fingerprint density at radius 2 is 2.22 bits per heavy atom. The average molecular weight is 126 g/mol. The maximum atomic E-state index is 10.9. The molecule has 0 spiro atoms. The molecule has 2 saturated carbocycles. The molecule has 2 bridgehead atoms. The lowest BCUT2D eigenvalue weighted by Gasteiger charge is -2.13. The Hall–Kier alpha value is -0.370. The quantitative estimate of drug-likeness (QED) is 0.508. The molecule has 2 aliphatic carbocycles. The van der Waals surface area contributed by atoms with Crippen molar-refractivity contribution in [3.8, 4) is 0 Å². The number of rotatable bonds is 0. The number of ketones is 1. The lowest BCUT2D eigenvalue weighted by molar-refractivity contribution is -0.130. The molecule has 2 aliphatic rings. The minimum Gasteiger partial charge on any atom is -0.385 e. The summed E-state index contributed by atoms with van der Waals surface area (Å²) in [6, 6.07) is 0. The van der Waals surface area contributed by atoms with Crippen LogP contribution in [0.25, 0.3) is 0 Å². The summed E-state index contributed by atoms with van der Waals surface area (Å²) >= 11 is 0. The van der Waals surface area contributed by atoms with Crippen molar-refractivity contribution in [2.24, 2.45) is 11.8 Å². The fraction of sp³-hybridized carbons (Fsp3) is 0.857. The van der Waals surface area contributed by atoms with Gasteiger partial charge in [0.15, 0.2) is 5.78 Å². The second kappa shape index (κ2) is 1.57. The van der Waals surface area contributed by atoms with Gasteiger partial charge in [0.05, 0.1) is 0 Å². The van der Waals surface area contributed by atoms with Gasteiger partial charge >= 0.3 is 0 Å². The van der Waals surface area contributed by atoms with E-state index in [4.69, 9.17) is 5.11 Å². The summed E-state index contributed by atoms with van der Waals surface area (Å²) in [6.07, 6.45) is 2.46. The van der Waals surface area contributed by atoms with E-state index in [0.717, 1.165) is 19.3 Å². The van der Waals surface area contributed by atoms with Crippen LogP contribution in [0.1, 0.15) is 19.3 Å². The second-order valence-corrected chi connectivity index (χ2v) is 3.12. The first-order valence-corrected chi connectivity index (χ1v) is 3.51. The molecule has 2 fully saturated rings. The zero-order valence-electron chi connectivity index (χ0n) is 5.21. The fourth-order valence-electron chi connectivity index (χ4n) is 2.04. The van der Waals surface area contributed by atoms with Crippen LogP contribution >= 0.6 is 0 Å². The molecule has 0 radical (unpaired) electrons. The highest BCUT2D eigenvalue weighted by Crippen LogP contribution is 2.41. The van der Waals surface area contributed by atoms with Crippen LogP contribution in [0.3, 0.4) is 0 Å². The minimum absolute atomic E-state index is 0.103. The molecule has 0 saturated heterocycles. The Morgan fingerprint density at radius 1 is 1.44 bits per heavy atom. The van der Waals surface area contributed by atoms with E-state index in [0.29, 0.717) is 5.92 Å². The maximum absolute atomic E-state index is 10.9. The van der Waals surface area contributed by atoms with Crippen molar-refractivity contribution in [2.45, 2.75) is 25.4 Å². The lowest BCUT2D eigenvalue weighted by Crippen LogP contribution is -2.26. The van der Waals surface area contributed by atoms with E-state index in [1.807, 2.05) is 0 Å². The highest BCUT2D eigenvalue weighted by Gasteiger charge is 2.45. The molecule has 2 heteroatoms. The SMILES string of the molecule is O=C1[C@@H]2CC[C@@H](C2)[C@H]1O. The van der Waals surface area contributed by atoms with Crippen molar-refractivity contribution in [2.75, 3.05) is 0 Å². The molecule has 0 heterocycles. The highest BCUT2D eigenvalue weighted by atomic mass is 16.3. The van der Waals surface area contributed by atoms with Gasteiger partial charge in [-0.2, -0.15) is 0 Å². The smallest absolute Gasteiger partial charge is 0.164 e. The fourth-order valence-corrected chi connectivity index (χ4v) is 2.04. The van der Waals surface area contributed by atoms with Crippen LogP contribution < -0.4 is 0 Å². The predicted octanol–water partition coefficient (Wildman–Crippen LogP) is 0.346. The van der Waals surface area contributed by atoms with Crippen LogP contribution in [0.5, 0.6) is 0 Å². The van der Waals surface area contributed by atoms with E-state index in [1.54, 1.807) is 0 Å². The Morgan fingerprint density at radius 3 is 2.56 bits per heavy atom. The normalized spacial score (nSPS) is 48.6. The molecule has 9 heavy (non-hydrogen) atoms. The zero-order chi connectivity index (χ0) is 6.43. The third-order valence-corrected chi connectivity index (χ3v) is 2.61. The third kappa shape index (κ3) is 0.568. The Kier molecular flexibility index (Phi) is 0.943. The molecular weight excluding hydrogens is 116 g/mol. The van der Waals surface area contributed by atoms with E-state index in [9.17, 15) is 4.79 Å². The van der Waals surface area contributed by atoms with Crippen molar-refractivity contribution in [1.82, 2.24) is 0 Å². The first-order chi connectivity index (χ1) is 4.29. The summed E-state index contributed by atoms with van der Waals surface area (Å²) in [5.74, 6) is 0.652. The van der Waals surface area contributed by atoms with E-state index in [1.165, 1.54) is 0 Å². The van der Waals surface area contributed by atoms with Crippen LogP contribution in [-0.4, -0.2) is 17.0 Å². The van der Waals surface area contributed by atoms with Gasteiger partial charge in [-0.1, -0.05) is 0 Å². The van der Waals surface area contributed by atoms with Crippen molar-refractivity contribution in [3.05, 3.63) is 0 Å². The second-order valence-electron chi connectivity index (χ2n) is 3.12. The van der Waals surface area contributed by atoms with Gasteiger partial charge < -0.3 is 5.11 Å². The topological polar surface area (TPSA) is 37.3 Å². The molecule has 2 rings (SSSR count). The van der Waals surface area contributed by atoms with Crippen LogP contribution in [0.4, 0.5) is 0 Å². The largest absolute Gasteiger partial charge is 0.385 e. The zero-order valence-corrected chi connectivity index (χ0v) is 5.21. The van der Waals surface area contributed by atoms with E-state index in [2.05, 4.69) is 0 Å². The van der Waals surface area contributed by atoms with Crippen LogP contribution in [0.2, 0.25) is 0 Å². The van der Waals surface area contributed by atoms with Gasteiger partial charge in [0, 0.05) is 5.92 Å². The average Bonchev–Trinajstić information content (AvgIpc) is 2.37. The van der Waals surface area contributed by atoms with Crippen LogP contribution in [0.15, 0.2) is 0 Å². The number of carbonyl (C=O) groups is 1. The molecule has 0 aromatic rings. The Labute approximate surface area is 53.9 Å². The first kappa shape index (κ1) is 5.42. The summed E-state index contributed by atoms with van der Waals surface area (Å²) in [6.45, 7) is 0. The summed E-state index contributed by atoms with van der Waals surface area (Å²) in [7, 11) is 0.